The number of benzene rings is 1. The average molecular weight is 275 g/mol. The summed E-state index contributed by atoms with van der Waals surface area (Å²) >= 11 is 0. The van der Waals surface area contributed by atoms with Gasteiger partial charge in [0.2, 0.25) is 5.91 Å². The number of anilines is 1. The van der Waals surface area contributed by atoms with Gasteiger partial charge in [0.15, 0.2) is 0 Å². The summed E-state index contributed by atoms with van der Waals surface area (Å²) in [5.41, 5.74) is 13.5. The highest BCUT2D eigenvalue weighted by Crippen LogP contribution is 2.23. The van der Waals surface area contributed by atoms with Crippen LogP contribution in [-0.4, -0.2) is 29.9 Å². The lowest BCUT2D eigenvalue weighted by Crippen LogP contribution is -2.49. The van der Waals surface area contributed by atoms with Gasteiger partial charge in [-0.05, 0) is 36.8 Å². The predicted octanol–water partition coefficient (Wildman–Crippen LogP) is 1.79. The summed E-state index contributed by atoms with van der Waals surface area (Å²) in [5.74, 6) is 0.868. The van der Waals surface area contributed by atoms with Gasteiger partial charge in [0, 0.05) is 31.2 Å². The molecule has 4 nitrogen and oxygen atoms in total. The van der Waals surface area contributed by atoms with Crippen LogP contribution in [0.2, 0.25) is 0 Å². The van der Waals surface area contributed by atoms with Crippen LogP contribution in [0.1, 0.15) is 31.7 Å². The molecule has 1 aromatic carbocycles. The van der Waals surface area contributed by atoms with E-state index >= 15 is 0 Å². The Morgan fingerprint density at radius 1 is 1.40 bits per heavy atom. The van der Waals surface area contributed by atoms with Crippen LogP contribution >= 0.6 is 0 Å². The van der Waals surface area contributed by atoms with Crippen molar-refractivity contribution >= 4 is 11.6 Å². The first-order valence-electron chi connectivity index (χ1n) is 7.44. The van der Waals surface area contributed by atoms with Gasteiger partial charge in [0.25, 0.3) is 0 Å². The standard InChI is InChI=1S/C16H25N3O/c1-12-8-9-19(14(10-12)11-17)16(20)7-6-13-4-2-3-5-15(13)18/h2-5,12,14H,6-11,17-18H2,1H3. The number of likely N-dealkylation sites (tertiary alicyclic amines) is 1. The zero-order chi connectivity index (χ0) is 14.5. The van der Waals surface area contributed by atoms with Crippen molar-refractivity contribution in [3.05, 3.63) is 29.8 Å². The average Bonchev–Trinajstić information content (AvgIpc) is 2.46. The summed E-state index contributed by atoms with van der Waals surface area (Å²) in [6.45, 7) is 3.63. The predicted molar refractivity (Wildman–Crippen MR) is 82.1 cm³/mol. The second-order valence-corrected chi connectivity index (χ2v) is 5.81. The number of para-hydroxylation sites is 1. The minimum absolute atomic E-state index is 0.204. The number of carbonyl (C=O) groups excluding carboxylic acids is 1. The highest BCUT2D eigenvalue weighted by molar-refractivity contribution is 5.77. The Hall–Kier alpha value is -1.55. The Balaban J connectivity index is 1.93. The molecule has 0 spiro atoms. The van der Waals surface area contributed by atoms with E-state index in [1.54, 1.807) is 0 Å². The molecule has 4 heteroatoms. The topological polar surface area (TPSA) is 72.3 Å². The molecule has 0 aromatic heterocycles. The number of nitrogens with zero attached hydrogens (tertiary/aromatic N) is 1. The van der Waals surface area contributed by atoms with Gasteiger partial charge < -0.3 is 16.4 Å². The number of nitrogens with two attached hydrogens (primary N) is 2. The van der Waals surface area contributed by atoms with Crippen molar-refractivity contribution in [1.29, 1.82) is 0 Å². The molecule has 2 atom stereocenters. The van der Waals surface area contributed by atoms with E-state index in [2.05, 4.69) is 6.92 Å². The molecular formula is C16H25N3O. The van der Waals surface area contributed by atoms with Crippen molar-refractivity contribution < 1.29 is 4.79 Å². The van der Waals surface area contributed by atoms with E-state index in [0.29, 0.717) is 25.3 Å². The SMILES string of the molecule is CC1CCN(C(=O)CCc2ccccc2N)C(CN)C1. The quantitative estimate of drug-likeness (QED) is 0.823. The highest BCUT2D eigenvalue weighted by Gasteiger charge is 2.28. The third kappa shape index (κ3) is 3.51. The molecule has 0 aliphatic carbocycles. The van der Waals surface area contributed by atoms with Gasteiger partial charge in [-0.2, -0.15) is 0 Å². The fourth-order valence-electron chi connectivity index (χ4n) is 2.95. The molecular weight excluding hydrogens is 250 g/mol. The molecule has 1 aromatic rings. The van der Waals surface area contributed by atoms with Crippen molar-refractivity contribution in [3.63, 3.8) is 0 Å². The summed E-state index contributed by atoms with van der Waals surface area (Å²) in [6.07, 6.45) is 3.32. The van der Waals surface area contributed by atoms with Gasteiger partial charge in [0.05, 0.1) is 0 Å². The molecule has 1 amide bonds. The van der Waals surface area contributed by atoms with E-state index in [0.717, 1.165) is 30.6 Å². The molecule has 0 bridgehead atoms. The number of rotatable bonds is 4. The normalized spacial score (nSPS) is 22.8. The maximum atomic E-state index is 12.4. The summed E-state index contributed by atoms with van der Waals surface area (Å²) in [4.78, 5) is 14.4. The Morgan fingerprint density at radius 2 is 2.15 bits per heavy atom. The lowest BCUT2D eigenvalue weighted by atomic mass is 9.92. The van der Waals surface area contributed by atoms with Gasteiger partial charge in [-0.25, -0.2) is 0 Å². The lowest BCUT2D eigenvalue weighted by molar-refractivity contribution is -0.135. The fourth-order valence-corrected chi connectivity index (χ4v) is 2.95. The third-order valence-corrected chi connectivity index (χ3v) is 4.23. The monoisotopic (exact) mass is 275 g/mol. The van der Waals surface area contributed by atoms with E-state index in [1.165, 1.54) is 0 Å². The van der Waals surface area contributed by atoms with Gasteiger partial charge in [-0.15, -0.1) is 0 Å². The van der Waals surface area contributed by atoms with Gasteiger partial charge in [0.1, 0.15) is 0 Å². The molecule has 0 radical (unpaired) electrons. The molecule has 1 fully saturated rings. The van der Waals surface area contributed by atoms with Crippen LogP contribution < -0.4 is 11.5 Å². The number of amides is 1. The minimum Gasteiger partial charge on any atom is -0.399 e. The third-order valence-electron chi connectivity index (χ3n) is 4.23. The Bertz CT molecular complexity index is 461. The zero-order valence-corrected chi connectivity index (χ0v) is 12.2. The highest BCUT2D eigenvalue weighted by atomic mass is 16.2. The van der Waals surface area contributed by atoms with E-state index in [-0.39, 0.29) is 11.9 Å². The van der Waals surface area contributed by atoms with Gasteiger partial charge in [-0.3, -0.25) is 4.79 Å². The summed E-state index contributed by atoms with van der Waals surface area (Å²) < 4.78 is 0. The first-order chi connectivity index (χ1) is 9.61. The van der Waals surface area contributed by atoms with Crippen molar-refractivity contribution in [2.24, 2.45) is 11.7 Å². The van der Waals surface area contributed by atoms with E-state index in [4.69, 9.17) is 11.5 Å². The molecule has 1 aliphatic rings. The number of hydrogen-bond acceptors (Lipinski definition) is 3. The molecule has 0 saturated carbocycles. The van der Waals surface area contributed by atoms with Crippen LogP contribution in [0.3, 0.4) is 0 Å². The summed E-state index contributed by atoms with van der Waals surface area (Å²) in [6, 6.07) is 7.95. The molecule has 1 saturated heterocycles. The van der Waals surface area contributed by atoms with Gasteiger partial charge >= 0.3 is 0 Å². The summed E-state index contributed by atoms with van der Waals surface area (Å²) in [7, 11) is 0. The zero-order valence-electron chi connectivity index (χ0n) is 12.2. The van der Waals surface area contributed by atoms with Crippen LogP contribution in [-0.2, 0) is 11.2 Å². The smallest absolute Gasteiger partial charge is 0.223 e. The molecule has 4 N–H and O–H groups in total. The second-order valence-electron chi connectivity index (χ2n) is 5.81. The Labute approximate surface area is 121 Å². The van der Waals surface area contributed by atoms with Crippen LogP contribution in [0.5, 0.6) is 0 Å². The number of hydrogen-bond donors (Lipinski definition) is 2. The molecule has 1 aliphatic heterocycles. The largest absolute Gasteiger partial charge is 0.399 e. The number of aryl methyl sites for hydroxylation is 1. The first kappa shape index (κ1) is 14.9. The molecule has 2 rings (SSSR count). The van der Waals surface area contributed by atoms with E-state index < -0.39 is 0 Å². The van der Waals surface area contributed by atoms with E-state index in [1.807, 2.05) is 29.2 Å². The molecule has 1 heterocycles. The number of nitrogen functional groups attached to an aromatic ring is 1. The maximum absolute atomic E-state index is 12.4. The Kier molecular flexibility index (Phi) is 5.01. The number of carbonyl (C=O) groups is 1. The van der Waals surface area contributed by atoms with Crippen molar-refractivity contribution in [2.45, 2.75) is 38.6 Å². The summed E-state index contributed by atoms with van der Waals surface area (Å²) in [5, 5.41) is 0. The number of piperidine rings is 1. The van der Waals surface area contributed by atoms with E-state index in [9.17, 15) is 4.79 Å². The van der Waals surface area contributed by atoms with Gasteiger partial charge in [-0.1, -0.05) is 25.1 Å². The van der Waals surface area contributed by atoms with Crippen LogP contribution in [0.25, 0.3) is 0 Å². The van der Waals surface area contributed by atoms with Crippen LogP contribution in [0.15, 0.2) is 24.3 Å². The van der Waals surface area contributed by atoms with Crippen molar-refractivity contribution in [1.82, 2.24) is 4.90 Å². The molecule has 2 unspecified atom stereocenters. The maximum Gasteiger partial charge on any atom is 0.223 e. The molecule has 20 heavy (non-hydrogen) atoms. The molecule has 110 valence electrons. The Morgan fingerprint density at radius 3 is 2.85 bits per heavy atom. The van der Waals surface area contributed by atoms with Crippen LogP contribution in [0, 0.1) is 5.92 Å². The lowest BCUT2D eigenvalue weighted by Gasteiger charge is -2.38. The fraction of sp³-hybridized carbons (Fsp3) is 0.562. The first-order valence-corrected chi connectivity index (χ1v) is 7.44. The van der Waals surface area contributed by atoms with Crippen LogP contribution in [0.4, 0.5) is 5.69 Å². The minimum atomic E-state index is 0.204. The van der Waals surface area contributed by atoms with Crippen molar-refractivity contribution in [3.8, 4) is 0 Å². The van der Waals surface area contributed by atoms with Crippen molar-refractivity contribution in [2.75, 3.05) is 18.8 Å². The second kappa shape index (κ2) is 6.75.